The maximum Gasteiger partial charge on any atom is 0.416 e. The Morgan fingerprint density at radius 3 is 2.62 bits per heavy atom. The van der Waals surface area contributed by atoms with Crippen LogP contribution in [0.1, 0.15) is 35.4 Å². The van der Waals surface area contributed by atoms with E-state index in [4.69, 9.17) is 4.74 Å². The Morgan fingerprint density at radius 2 is 1.86 bits per heavy atom. The Balaban J connectivity index is 1.65. The van der Waals surface area contributed by atoms with Crippen molar-refractivity contribution in [2.75, 3.05) is 36.5 Å². The number of halogens is 3. The number of ether oxygens (including phenoxy) is 1. The molecule has 1 amide bonds. The van der Waals surface area contributed by atoms with Gasteiger partial charge in [-0.15, -0.1) is 0 Å². The third-order valence-corrected chi connectivity index (χ3v) is 5.62. The zero-order chi connectivity index (χ0) is 20.4. The summed E-state index contributed by atoms with van der Waals surface area (Å²) in [6, 6.07) is 11.3. The molecule has 1 unspecified atom stereocenters. The smallest absolute Gasteiger partial charge is 0.378 e. The fraction of sp³-hybridized carbons (Fsp3) is 0.409. The lowest BCUT2D eigenvalue weighted by atomic mass is 9.82. The second-order valence-corrected chi connectivity index (χ2v) is 7.46. The van der Waals surface area contributed by atoms with Gasteiger partial charge in [-0.25, -0.2) is 0 Å². The van der Waals surface area contributed by atoms with Crippen LogP contribution in [0.2, 0.25) is 0 Å². The quantitative estimate of drug-likeness (QED) is 0.813. The van der Waals surface area contributed by atoms with Crippen LogP contribution in [0.5, 0.6) is 0 Å². The molecule has 0 bridgehead atoms. The minimum absolute atomic E-state index is 0.203. The average molecular weight is 404 g/mol. The molecule has 2 aromatic rings. The SMILES string of the molecule is O=C(Nc1cc(C(F)(F)F)ccc1N1CCOCC1)C1CCCc2ccccc21. The standard InChI is InChI=1S/C22H23F3N2O2/c23-22(24,25)16-8-9-20(27-10-12-29-13-11-27)19(14-16)26-21(28)18-7-3-5-15-4-1-2-6-17(15)18/h1-2,4,6,8-9,14,18H,3,5,7,10-13H2,(H,26,28). The van der Waals surface area contributed by atoms with Crippen molar-refractivity contribution in [2.45, 2.75) is 31.4 Å². The molecule has 4 nitrogen and oxygen atoms in total. The van der Waals surface area contributed by atoms with Crippen LogP contribution < -0.4 is 10.2 Å². The molecule has 2 aliphatic rings. The monoisotopic (exact) mass is 404 g/mol. The first-order chi connectivity index (χ1) is 13.9. The molecule has 1 saturated heterocycles. The van der Waals surface area contributed by atoms with Gasteiger partial charge >= 0.3 is 6.18 Å². The van der Waals surface area contributed by atoms with Gasteiger partial charge in [0.15, 0.2) is 0 Å². The lowest BCUT2D eigenvalue weighted by Crippen LogP contribution is -2.37. The summed E-state index contributed by atoms with van der Waals surface area (Å²) in [5.74, 6) is -0.613. The summed E-state index contributed by atoms with van der Waals surface area (Å²) >= 11 is 0. The summed E-state index contributed by atoms with van der Waals surface area (Å²) in [5.41, 5.74) is 2.13. The maximum absolute atomic E-state index is 13.3. The van der Waals surface area contributed by atoms with E-state index in [2.05, 4.69) is 5.32 Å². The van der Waals surface area contributed by atoms with Crippen LogP contribution >= 0.6 is 0 Å². The number of carbonyl (C=O) groups excluding carboxylic acids is 1. The number of nitrogens with zero attached hydrogens (tertiary/aromatic N) is 1. The number of alkyl halides is 3. The van der Waals surface area contributed by atoms with Gasteiger partial charge in [0.25, 0.3) is 0 Å². The van der Waals surface area contributed by atoms with Crippen LogP contribution in [0.25, 0.3) is 0 Å². The third kappa shape index (κ3) is 4.24. The maximum atomic E-state index is 13.3. The van der Waals surface area contributed by atoms with Crippen molar-refractivity contribution in [2.24, 2.45) is 0 Å². The van der Waals surface area contributed by atoms with E-state index in [-0.39, 0.29) is 17.5 Å². The number of aryl methyl sites for hydroxylation is 1. The van der Waals surface area contributed by atoms with Crippen LogP contribution in [-0.2, 0) is 22.1 Å². The number of rotatable bonds is 3. The van der Waals surface area contributed by atoms with Crippen LogP contribution in [-0.4, -0.2) is 32.2 Å². The van der Waals surface area contributed by atoms with Crippen LogP contribution in [0.15, 0.2) is 42.5 Å². The molecular formula is C22H23F3N2O2. The molecule has 2 aromatic carbocycles. The van der Waals surface area contributed by atoms with Gasteiger partial charge in [0.2, 0.25) is 5.91 Å². The van der Waals surface area contributed by atoms with E-state index in [1.54, 1.807) is 0 Å². The first kappa shape index (κ1) is 19.8. The number of amides is 1. The van der Waals surface area contributed by atoms with Crippen LogP contribution in [0.3, 0.4) is 0 Å². The lowest BCUT2D eigenvalue weighted by Gasteiger charge is -2.31. The van der Waals surface area contributed by atoms with Crippen molar-refractivity contribution >= 4 is 17.3 Å². The zero-order valence-electron chi connectivity index (χ0n) is 16.0. The molecule has 1 fully saturated rings. The van der Waals surface area contributed by atoms with Crippen molar-refractivity contribution in [3.63, 3.8) is 0 Å². The highest BCUT2D eigenvalue weighted by atomic mass is 19.4. The molecular weight excluding hydrogens is 381 g/mol. The van der Waals surface area contributed by atoms with Gasteiger partial charge in [-0.2, -0.15) is 13.2 Å². The highest BCUT2D eigenvalue weighted by molar-refractivity contribution is 5.99. The predicted octanol–water partition coefficient (Wildman–Crippen LogP) is 4.60. The fourth-order valence-corrected chi connectivity index (χ4v) is 4.14. The molecule has 1 aliphatic heterocycles. The van der Waals surface area contributed by atoms with Crippen molar-refractivity contribution in [3.8, 4) is 0 Å². The van der Waals surface area contributed by atoms with Gasteiger partial charge in [-0.05, 0) is 48.6 Å². The summed E-state index contributed by atoms with van der Waals surface area (Å²) in [5, 5.41) is 2.81. The molecule has 0 aromatic heterocycles. The summed E-state index contributed by atoms with van der Waals surface area (Å²) in [7, 11) is 0. The van der Waals surface area contributed by atoms with Crippen molar-refractivity contribution < 1.29 is 22.7 Å². The van der Waals surface area contributed by atoms with Crippen molar-refractivity contribution in [1.82, 2.24) is 0 Å². The number of nitrogens with one attached hydrogen (secondary N) is 1. The second-order valence-electron chi connectivity index (χ2n) is 7.46. The molecule has 1 aliphatic carbocycles. The molecule has 1 atom stereocenters. The van der Waals surface area contributed by atoms with Gasteiger partial charge in [-0.1, -0.05) is 24.3 Å². The highest BCUT2D eigenvalue weighted by Crippen LogP contribution is 2.37. The third-order valence-electron chi connectivity index (χ3n) is 5.62. The molecule has 0 spiro atoms. The van der Waals surface area contributed by atoms with Crippen molar-refractivity contribution in [3.05, 3.63) is 59.2 Å². The molecule has 7 heteroatoms. The van der Waals surface area contributed by atoms with Gasteiger partial charge in [0.1, 0.15) is 0 Å². The molecule has 29 heavy (non-hydrogen) atoms. The molecule has 154 valence electrons. The van der Waals surface area contributed by atoms with Crippen LogP contribution in [0.4, 0.5) is 24.5 Å². The van der Waals surface area contributed by atoms with E-state index < -0.39 is 11.7 Å². The topological polar surface area (TPSA) is 41.6 Å². The fourth-order valence-electron chi connectivity index (χ4n) is 4.14. The Morgan fingerprint density at radius 1 is 1.10 bits per heavy atom. The van der Waals surface area contributed by atoms with Gasteiger partial charge in [0.05, 0.1) is 36.1 Å². The summed E-state index contributed by atoms with van der Waals surface area (Å²) in [6.45, 7) is 2.15. The lowest BCUT2D eigenvalue weighted by molar-refractivity contribution is -0.137. The predicted molar refractivity (Wildman–Crippen MR) is 105 cm³/mol. The van der Waals surface area contributed by atoms with E-state index in [9.17, 15) is 18.0 Å². The summed E-state index contributed by atoms with van der Waals surface area (Å²) in [4.78, 5) is 15.0. The molecule has 0 radical (unpaired) electrons. The zero-order valence-corrected chi connectivity index (χ0v) is 16.0. The van der Waals surface area contributed by atoms with E-state index >= 15 is 0 Å². The average Bonchev–Trinajstić information content (AvgIpc) is 2.73. The van der Waals surface area contributed by atoms with E-state index in [0.29, 0.717) is 38.4 Å². The molecule has 1 heterocycles. The largest absolute Gasteiger partial charge is 0.416 e. The number of fused-ring (bicyclic) bond motifs is 1. The van der Waals surface area contributed by atoms with E-state index in [1.807, 2.05) is 29.2 Å². The van der Waals surface area contributed by atoms with Gasteiger partial charge < -0.3 is 15.0 Å². The Bertz CT molecular complexity index is 892. The number of carbonyl (C=O) groups is 1. The Hall–Kier alpha value is -2.54. The molecule has 1 N–H and O–H groups in total. The van der Waals surface area contributed by atoms with Crippen molar-refractivity contribution in [1.29, 1.82) is 0 Å². The normalized spacial score (nSPS) is 19.6. The molecule has 4 rings (SSSR count). The highest BCUT2D eigenvalue weighted by Gasteiger charge is 2.33. The first-order valence-corrected chi connectivity index (χ1v) is 9.86. The minimum atomic E-state index is -4.47. The Labute approximate surface area is 167 Å². The van der Waals surface area contributed by atoms with Gasteiger partial charge in [0, 0.05) is 13.1 Å². The second kappa shape index (κ2) is 8.06. The minimum Gasteiger partial charge on any atom is -0.378 e. The number of benzene rings is 2. The number of hydrogen-bond donors (Lipinski definition) is 1. The first-order valence-electron chi connectivity index (χ1n) is 9.86. The number of hydrogen-bond acceptors (Lipinski definition) is 3. The number of morpholine rings is 1. The van der Waals surface area contributed by atoms with Crippen LogP contribution in [0, 0.1) is 0 Å². The summed E-state index contributed by atoms with van der Waals surface area (Å²) in [6.07, 6.45) is -1.98. The summed E-state index contributed by atoms with van der Waals surface area (Å²) < 4.78 is 45.2. The molecule has 0 saturated carbocycles. The number of anilines is 2. The van der Waals surface area contributed by atoms with Gasteiger partial charge in [-0.3, -0.25) is 4.79 Å². The Kier molecular flexibility index (Phi) is 5.50. The van der Waals surface area contributed by atoms with E-state index in [1.165, 1.54) is 6.07 Å². The van der Waals surface area contributed by atoms with E-state index in [0.717, 1.165) is 36.1 Å².